The molecule has 7 heteroatoms. The maximum Gasteiger partial charge on any atom is 2.00 e. The smallest absolute Gasteiger partial charge is 0.763 e. The van der Waals surface area contributed by atoms with E-state index in [0.29, 0.717) is 4.32 Å². The van der Waals surface area contributed by atoms with Crippen molar-refractivity contribution in [1.82, 2.24) is 9.80 Å². The average Bonchev–Trinajstić information content (AvgIpc) is 2.21. The monoisotopic (exact) mass is 356 g/mol. The van der Waals surface area contributed by atoms with Crippen molar-refractivity contribution in [2.75, 3.05) is 26.2 Å². The summed E-state index contributed by atoms with van der Waals surface area (Å²) in [7, 11) is 0. The SMILES string of the molecule is CCN(CC)C(=S)[S-].CCN(CC)C([S-])S.[Ni+2]. The maximum atomic E-state index is 4.89. The number of hydrogen-bond acceptors (Lipinski definition) is 5. The molecule has 0 heterocycles. The molecule has 0 aliphatic rings. The van der Waals surface area contributed by atoms with Crippen molar-refractivity contribution in [2.45, 2.75) is 32.4 Å². The molecular weight excluding hydrogens is 335 g/mol. The van der Waals surface area contributed by atoms with Crippen LogP contribution in [0.15, 0.2) is 0 Å². The fourth-order valence-electron chi connectivity index (χ4n) is 1.02. The fraction of sp³-hybridized carbons (Fsp3) is 0.900. The Morgan fingerprint density at radius 2 is 1.47 bits per heavy atom. The minimum absolute atomic E-state index is 0. The van der Waals surface area contributed by atoms with E-state index < -0.39 is 0 Å². The van der Waals surface area contributed by atoms with Crippen molar-refractivity contribution >= 4 is 54.4 Å². The van der Waals surface area contributed by atoms with E-state index in [1.165, 1.54) is 0 Å². The van der Waals surface area contributed by atoms with E-state index in [9.17, 15) is 0 Å². The van der Waals surface area contributed by atoms with Crippen LogP contribution in [0.5, 0.6) is 0 Å². The van der Waals surface area contributed by atoms with Crippen LogP contribution in [0.4, 0.5) is 0 Å². The Labute approximate surface area is 138 Å². The number of nitrogens with zero attached hydrogens (tertiary/aromatic N) is 2. The summed E-state index contributed by atoms with van der Waals surface area (Å²) < 4.78 is 0.569. The van der Waals surface area contributed by atoms with Crippen molar-refractivity contribution in [1.29, 1.82) is 0 Å². The van der Waals surface area contributed by atoms with E-state index in [1.54, 1.807) is 0 Å². The van der Waals surface area contributed by atoms with Crippen LogP contribution < -0.4 is 0 Å². The minimum Gasteiger partial charge on any atom is -0.763 e. The van der Waals surface area contributed by atoms with Gasteiger partial charge in [0.05, 0.1) is 0 Å². The second kappa shape index (κ2) is 15.3. The predicted octanol–water partition coefficient (Wildman–Crippen LogP) is 2.25. The van der Waals surface area contributed by atoms with Gasteiger partial charge in [-0.15, -0.1) is 0 Å². The van der Waals surface area contributed by atoms with Crippen LogP contribution in [0.1, 0.15) is 27.7 Å². The van der Waals surface area contributed by atoms with Crippen LogP contribution in [-0.4, -0.2) is 45.0 Å². The Bertz CT molecular complexity index is 174. The summed E-state index contributed by atoms with van der Waals surface area (Å²) in [5, 5.41) is 0. The number of thiocarbonyl (C=S) groups is 1. The first-order chi connectivity index (χ1) is 7.44. The van der Waals surface area contributed by atoms with Crippen molar-refractivity contribution in [3.63, 3.8) is 0 Å². The first-order valence-corrected chi connectivity index (χ1v) is 7.28. The van der Waals surface area contributed by atoms with Gasteiger partial charge in [-0.3, -0.25) is 0 Å². The van der Waals surface area contributed by atoms with Crippen molar-refractivity contribution < 1.29 is 16.5 Å². The molecule has 106 valence electrons. The minimum atomic E-state index is -0.00926. The Morgan fingerprint density at radius 3 is 1.47 bits per heavy atom. The number of thiol groups is 1. The summed E-state index contributed by atoms with van der Waals surface area (Å²) >= 11 is 18.5. The Balaban J connectivity index is -0.000000218. The Morgan fingerprint density at radius 1 is 1.12 bits per heavy atom. The van der Waals surface area contributed by atoms with Crippen molar-refractivity contribution in [3.8, 4) is 0 Å². The molecule has 0 aliphatic carbocycles. The third-order valence-corrected chi connectivity index (χ3v) is 3.29. The van der Waals surface area contributed by atoms with Gasteiger partial charge in [-0.1, -0.05) is 22.9 Å². The van der Waals surface area contributed by atoms with Gasteiger partial charge in [-0.25, -0.2) is 0 Å². The third kappa shape index (κ3) is 13.5. The molecule has 0 radical (unpaired) electrons. The summed E-state index contributed by atoms with van der Waals surface area (Å²) in [6, 6.07) is 0. The van der Waals surface area contributed by atoms with Gasteiger partial charge < -0.3 is 47.3 Å². The second-order valence-corrected chi connectivity index (χ2v) is 5.30. The van der Waals surface area contributed by atoms with Crippen molar-refractivity contribution in [3.05, 3.63) is 0 Å². The molecule has 0 saturated heterocycles. The van der Waals surface area contributed by atoms with Crippen LogP contribution in [0.3, 0.4) is 0 Å². The third-order valence-electron chi connectivity index (χ3n) is 2.15. The Hall–Kier alpha value is 1.26. The first kappa shape index (κ1) is 23.4. The zero-order chi connectivity index (χ0) is 13.1. The second-order valence-electron chi connectivity index (χ2n) is 2.99. The molecule has 0 bridgehead atoms. The van der Waals surface area contributed by atoms with E-state index in [-0.39, 0.29) is 21.2 Å². The summed E-state index contributed by atoms with van der Waals surface area (Å²) in [5.74, 6) is 0. The molecule has 0 amide bonds. The topological polar surface area (TPSA) is 6.48 Å². The summed E-state index contributed by atoms with van der Waals surface area (Å²) in [4.78, 5) is 4.06. The Kier molecular flexibility index (Phi) is 21.1. The van der Waals surface area contributed by atoms with E-state index >= 15 is 0 Å². The average molecular weight is 357 g/mol. The van der Waals surface area contributed by atoms with Crippen molar-refractivity contribution in [2.24, 2.45) is 0 Å². The van der Waals surface area contributed by atoms with Gasteiger partial charge in [0, 0.05) is 13.1 Å². The standard InChI is InChI=1S/C5H13NS2.C5H11NS2.Ni/c2*1-3-6(4-2)5(7)8;/h5,7-8H,3-4H2,1-2H3;3-4H2,1-2H3,(H,7,8);/q;;+2/p-2. The van der Waals surface area contributed by atoms with Crippen LogP contribution >= 0.6 is 24.8 Å². The molecule has 1 unspecified atom stereocenters. The van der Waals surface area contributed by atoms with Gasteiger partial charge in [0.2, 0.25) is 0 Å². The molecule has 0 saturated carbocycles. The van der Waals surface area contributed by atoms with E-state index in [0.717, 1.165) is 26.2 Å². The maximum absolute atomic E-state index is 4.89. The normalized spacial score (nSPS) is 11.0. The fourth-order valence-corrected chi connectivity index (χ4v) is 2.16. The zero-order valence-electron chi connectivity index (χ0n) is 10.8. The number of rotatable bonds is 5. The van der Waals surface area contributed by atoms with E-state index in [2.05, 4.69) is 31.4 Å². The van der Waals surface area contributed by atoms with Crippen LogP contribution in [-0.2, 0) is 41.7 Å². The molecule has 0 aromatic rings. The molecule has 2 nitrogen and oxygen atoms in total. The van der Waals surface area contributed by atoms with Gasteiger partial charge in [0.25, 0.3) is 0 Å². The first-order valence-electron chi connectivity index (χ1n) is 5.48. The summed E-state index contributed by atoms with van der Waals surface area (Å²) in [5.41, 5.74) is 0. The van der Waals surface area contributed by atoms with Gasteiger partial charge >= 0.3 is 16.5 Å². The molecule has 0 rings (SSSR count). The van der Waals surface area contributed by atoms with E-state index in [1.807, 2.05) is 18.7 Å². The largest absolute Gasteiger partial charge is 2.00 e. The molecule has 17 heavy (non-hydrogen) atoms. The van der Waals surface area contributed by atoms with Crippen LogP contribution in [0, 0.1) is 0 Å². The molecule has 0 aromatic carbocycles. The molecule has 0 spiro atoms. The van der Waals surface area contributed by atoms with Gasteiger partial charge in [0.1, 0.15) is 0 Å². The zero-order valence-corrected chi connectivity index (χ0v) is 15.1. The quantitative estimate of drug-likeness (QED) is 0.264. The van der Waals surface area contributed by atoms with Gasteiger partial charge in [-0.05, 0) is 26.9 Å². The van der Waals surface area contributed by atoms with Gasteiger partial charge in [0.15, 0.2) is 0 Å². The van der Waals surface area contributed by atoms with E-state index in [4.69, 9.17) is 37.5 Å². The number of hydrogen-bond donors (Lipinski definition) is 1. The molecular formula is C10H22N2NiS4. The van der Waals surface area contributed by atoms with Crippen LogP contribution in [0.25, 0.3) is 0 Å². The van der Waals surface area contributed by atoms with Crippen LogP contribution in [0.2, 0.25) is 0 Å². The summed E-state index contributed by atoms with van der Waals surface area (Å²) in [6.07, 6.45) is 0. The predicted molar refractivity (Wildman–Crippen MR) is 85.9 cm³/mol. The van der Waals surface area contributed by atoms with Gasteiger partial charge in [-0.2, -0.15) is 12.6 Å². The molecule has 0 fully saturated rings. The molecule has 0 N–H and O–H groups in total. The molecule has 0 aliphatic heterocycles. The summed E-state index contributed by atoms with van der Waals surface area (Å²) in [6.45, 7) is 12.1. The molecule has 0 aromatic heterocycles. The molecule has 1 atom stereocenters.